The number of fused-ring (bicyclic) bond motifs is 1. The molecule has 2 aromatic heterocycles. The predicted octanol–water partition coefficient (Wildman–Crippen LogP) is 7.38. The Morgan fingerprint density at radius 1 is 1.08 bits per heavy atom. The van der Waals surface area contributed by atoms with Crippen molar-refractivity contribution in [2.75, 3.05) is 5.32 Å². The van der Waals surface area contributed by atoms with E-state index in [4.69, 9.17) is 4.99 Å². The van der Waals surface area contributed by atoms with E-state index in [9.17, 15) is 9.59 Å². The molecule has 0 saturated carbocycles. The van der Waals surface area contributed by atoms with E-state index in [-0.39, 0.29) is 23.9 Å². The summed E-state index contributed by atoms with van der Waals surface area (Å²) in [4.78, 5) is 35.6. The van der Waals surface area contributed by atoms with Crippen molar-refractivity contribution in [2.45, 2.75) is 79.3 Å². The molecule has 3 heterocycles. The molecule has 5 rings (SSSR count). The Balaban J connectivity index is 1.56. The molecule has 8 heteroatoms. The first-order valence-electron chi connectivity index (χ1n) is 13.7. The van der Waals surface area contributed by atoms with E-state index < -0.39 is 0 Å². The summed E-state index contributed by atoms with van der Waals surface area (Å²) in [5, 5.41) is 4.85. The smallest absolute Gasteiger partial charge is 0.266 e. The summed E-state index contributed by atoms with van der Waals surface area (Å²) in [6, 6.07) is 11.9. The van der Waals surface area contributed by atoms with Crippen LogP contribution in [0.15, 0.2) is 46.3 Å². The minimum Gasteiger partial charge on any atom is -0.322 e. The average Bonchev–Trinajstić information content (AvgIpc) is 3.49. The maximum absolute atomic E-state index is 13.7. The average molecular weight is 561 g/mol. The molecule has 0 atom stereocenters. The fraction of sp³-hybridized carbons (Fsp3) is 0.387. The molecule has 1 aliphatic heterocycles. The zero-order valence-electron chi connectivity index (χ0n) is 23.5. The van der Waals surface area contributed by atoms with Crippen molar-refractivity contribution in [3.8, 4) is 5.00 Å². The Labute approximate surface area is 239 Å². The van der Waals surface area contributed by atoms with E-state index in [0.29, 0.717) is 4.91 Å². The summed E-state index contributed by atoms with van der Waals surface area (Å²) >= 11 is 3.18. The van der Waals surface area contributed by atoms with Crippen LogP contribution in [0.2, 0.25) is 0 Å². The van der Waals surface area contributed by atoms with Crippen LogP contribution in [0.5, 0.6) is 0 Å². The number of nitrogens with one attached hydrogen (secondary N) is 1. The second-order valence-electron chi connectivity index (χ2n) is 10.8. The molecule has 0 spiro atoms. The van der Waals surface area contributed by atoms with Crippen molar-refractivity contribution in [2.24, 2.45) is 4.99 Å². The minimum absolute atomic E-state index is 0.00582. The highest BCUT2D eigenvalue weighted by Crippen LogP contribution is 2.40. The van der Waals surface area contributed by atoms with Gasteiger partial charge in [0.05, 0.1) is 10.5 Å². The van der Waals surface area contributed by atoms with Crippen LogP contribution in [0.4, 0.5) is 5.69 Å². The number of amidine groups is 1. The molecule has 1 aliphatic carbocycles. The fourth-order valence-corrected chi connectivity index (χ4v) is 8.02. The number of thiophene rings is 1. The van der Waals surface area contributed by atoms with Crippen LogP contribution in [0.3, 0.4) is 0 Å². The van der Waals surface area contributed by atoms with E-state index in [1.807, 2.05) is 64.1 Å². The predicted molar refractivity (Wildman–Crippen MR) is 164 cm³/mol. The summed E-state index contributed by atoms with van der Waals surface area (Å²) < 4.78 is 2.20. The first-order valence-corrected chi connectivity index (χ1v) is 15.3. The van der Waals surface area contributed by atoms with Gasteiger partial charge in [0.15, 0.2) is 5.17 Å². The lowest BCUT2D eigenvalue weighted by molar-refractivity contribution is -0.123. The maximum atomic E-state index is 13.7. The Hall–Kier alpha value is -3.10. The quantitative estimate of drug-likeness (QED) is 0.320. The van der Waals surface area contributed by atoms with Gasteiger partial charge in [-0.3, -0.25) is 19.5 Å². The molecular formula is C31H36N4O2S2. The zero-order chi connectivity index (χ0) is 27.8. The van der Waals surface area contributed by atoms with Crippen LogP contribution in [0.25, 0.3) is 11.1 Å². The van der Waals surface area contributed by atoms with Gasteiger partial charge in [-0.15, -0.1) is 11.3 Å². The van der Waals surface area contributed by atoms with Gasteiger partial charge in [0.2, 0.25) is 0 Å². The number of rotatable bonds is 6. The molecule has 1 fully saturated rings. The van der Waals surface area contributed by atoms with Gasteiger partial charge in [-0.05, 0) is 114 Å². The van der Waals surface area contributed by atoms with Gasteiger partial charge < -0.3 is 9.88 Å². The molecule has 2 aliphatic rings. The largest absolute Gasteiger partial charge is 0.322 e. The molecule has 2 amide bonds. The fourth-order valence-electron chi connectivity index (χ4n) is 5.30. The molecule has 3 aromatic rings. The third-order valence-electron chi connectivity index (χ3n) is 7.09. The Morgan fingerprint density at radius 3 is 2.49 bits per heavy atom. The lowest BCUT2D eigenvalue weighted by Gasteiger charge is -2.20. The van der Waals surface area contributed by atoms with E-state index >= 15 is 0 Å². The SMILES string of the molecule is Cc1cc(/C=C2/SC(=NC(C)C)N(C(C)C)C2=O)c(C)n1-c1sc2c(c1C(=O)Nc1ccccc1)CCCC2. The Bertz CT molecular complexity index is 1480. The molecule has 0 unspecified atom stereocenters. The van der Waals surface area contributed by atoms with Gasteiger partial charge in [-0.2, -0.15) is 0 Å². The van der Waals surface area contributed by atoms with Crippen LogP contribution in [0.1, 0.15) is 78.3 Å². The van der Waals surface area contributed by atoms with Crippen molar-refractivity contribution < 1.29 is 9.59 Å². The van der Waals surface area contributed by atoms with Crippen molar-refractivity contribution in [1.29, 1.82) is 0 Å². The molecule has 204 valence electrons. The summed E-state index contributed by atoms with van der Waals surface area (Å²) in [6.45, 7) is 12.2. The highest BCUT2D eigenvalue weighted by molar-refractivity contribution is 8.18. The van der Waals surface area contributed by atoms with Crippen molar-refractivity contribution in [3.63, 3.8) is 0 Å². The van der Waals surface area contributed by atoms with Crippen LogP contribution < -0.4 is 5.32 Å². The number of nitrogens with zero attached hydrogens (tertiary/aromatic N) is 3. The topological polar surface area (TPSA) is 66.7 Å². The van der Waals surface area contributed by atoms with Crippen LogP contribution in [-0.4, -0.2) is 38.5 Å². The van der Waals surface area contributed by atoms with Crippen LogP contribution in [-0.2, 0) is 17.6 Å². The summed E-state index contributed by atoms with van der Waals surface area (Å²) in [5.41, 5.74) is 5.80. The number of thioether (sulfide) groups is 1. The minimum atomic E-state index is -0.0633. The van der Waals surface area contributed by atoms with Gasteiger partial charge in [0.1, 0.15) is 5.00 Å². The number of amides is 2. The lowest BCUT2D eigenvalue weighted by atomic mass is 9.95. The molecule has 1 aromatic carbocycles. The van der Waals surface area contributed by atoms with Gasteiger partial charge in [-0.1, -0.05) is 18.2 Å². The van der Waals surface area contributed by atoms with Crippen molar-refractivity contribution in [1.82, 2.24) is 9.47 Å². The number of hydrogen-bond donors (Lipinski definition) is 1. The molecule has 1 N–H and O–H groups in total. The first-order chi connectivity index (χ1) is 18.7. The zero-order valence-corrected chi connectivity index (χ0v) is 25.1. The number of carbonyl (C=O) groups is 2. The van der Waals surface area contributed by atoms with Gasteiger partial charge >= 0.3 is 0 Å². The normalized spacial score (nSPS) is 17.6. The second-order valence-corrected chi connectivity index (χ2v) is 12.9. The van der Waals surface area contributed by atoms with Gasteiger partial charge in [0, 0.05) is 34.0 Å². The Morgan fingerprint density at radius 2 is 1.79 bits per heavy atom. The number of benzene rings is 1. The van der Waals surface area contributed by atoms with E-state index in [1.54, 1.807) is 16.2 Å². The number of para-hydroxylation sites is 1. The number of anilines is 1. The standard InChI is InChI=1S/C31H36N4O2S2/c1-18(2)32-31-34(19(3)4)29(37)26(39-31)17-22-16-20(5)35(21(22)6)30-27(24-14-10-11-15-25(24)38-30)28(36)33-23-12-8-7-9-13-23/h7-9,12-13,16-19H,10-11,14-15H2,1-6H3,(H,33,36)/b26-17+,32-31?. The third kappa shape index (κ3) is 5.37. The monoisotopic (exact) mass is 560 g/mol. The highest BCUT2D eigenvalue weighted by Gasteiger charge is 2.35. The molecule has 6 nitrogen and oxygen atoms in total. The molecular weight excluding hydrogens is 525 g/mol. The van der Waals surface area contributed by atoms with Gasteiger partial charge in [-0.25, -0.2) is 0 Å². The molecule has 39 heavy (non-hydrogen) atoms. The van der Waals surface area contributed by atoms with Crippen molar-refractivity contribution in [3.05, 3.63) is 74.3 Å². The Kier molecular flexibility index (Phi) is 7.87. The van der Waals surface area contributed by atoms with Crippen LogP contribution >= 0.6 is 23.1 Å². The van der Waals surface area contributed by atoms with E-state index in [2.05, 4.69) is 29.8 Å². The molecule has 1 saturated heterocycles. The summed E-state index contributed by atoms with van der Waals surface area (Å²) in [5.74, 6) is -0.0691. The molecule has 0 radical (unpaired) electrons. The lowest BCUT2D eigenvalue weighted by Crippen LogP contribution is -2.35. The highest BCUT2D eigenvalue weighted by atomic mass is 32.2. The van der Waals surface area contributed by atoms with E-state index in [0.717, 1.165) is 64.1 Å². The third-order valence-corrected chi connectivity index (χ3v) is 9.37. The summed E-state index contributed by atoms with van der Waals surface area (Å²) in [6.07, 6.45) is 6.17. The number of aryl methyl sites for hydroxylation is 2. The second kappa shape index (κ2) is 11.2. The summed E-state index contributed by atoms with van der Waals surface area (Å²) in [7, 11) is 0. The van der Waals surface area contributed by atoms with Gasteiger partial charge in [0.25, 0.3) is 11.8 Å². The number of carbonyl (C=O) groups excluding carboxylic acids is 2. The molecule has 0 bridgehead atoms. The van der Waals surface area contributed by atoms with E-state index in [1.165, 1.54) is 22.2 Å². The van der Waals surface area contributed by atoms with Crippen LogP contribution in [0, 0.1) is 13.8 Å². The van der Waals surface area contributed by atoms with Crippen molar-refractivity contribution >= 4 is 51.8 Å². The number of aliphatic imine (C=N–C) groups is 1. The number of aromatic nitrogens is 1. The maximum Gasteiger partial charge on any atom is 0.266 e. The number of hydrogen-bond acceptors (Lipinski definition) is 5. The first kappa shape index (κ1) is 27.5.